The monoisotopic (exact) mass is 222 g/mol. The molecule has 2 atom stereocenters. The first-order valence-electron chi connectivity index (χ1n) is 3.63. The third kappa shape index (κ3) is 1.32. The molecule has 0 saturated carbocycles. The number of hydrogen-bond donors (Lipinski definition) is 2. The molecule has 1 aliphatic heterocycles. The lowest BCUT2D eigenvalue weighted by molar-refractivity contribution is -0.126. The molecule has 2 heterocycles. The van der Waals surface area contributed by atoms with Crippen LogP contribution in [0.3, 0.4) is 0 Å². The van der Waals surface area contributed by atoms with Gasteiger partial charge in [-0.05, 0) is 5.21 Å². The fourth-order valence-electron chi connectivity index (χ4n) is 1.24. The number of hydrogen-bond acceptors (Lipinski definition) is 5. The third-order valence-electron chi connectivity index (χ3n) is 1.98. The van der Waals surface area contributed by atoms with Crippen LogP contribution >= 0.6 is 12.4 Å². The predicted molar refractivity (Wildman–Crippen MR) is 46.7 cm³/mol. The number of nitrogens with two attached hydrogens (primary N) is 1. The molecule has 14 heavy (non-hydrogen) atoms. The number of carbonyl (C=O) groups excluding carboxylic acids is 1. The smallest absolute Gasteiger partial charge is 0.272 e. The average Bonchev–Trinajstić information content (AvgIpc) is 2.64. The van der Waals surface area contributed by atoms with Gasteiger partial charge < -0.3 is 5.73 Å². The summed E-state index contributed by atoms with van der Waals surface area (Å²) >= 11 is 0. The fraction of sp³-hybridized carbons (Fsp3) is 0.600. The van der Waals surface area contributed by atoms with Crippen molar-refractivity contribution in [3.63, 3.8) is 0 Å². The van der Waals surface area contributed by atoms with Crippen LogP contribution in [-0.2, 0) is 4.79 Å². The molecule has 1 amide bonds. The number of nitrogens with zero attached hydrogens (tertiary/aromatic N) is 4. The minimum atomic E-state index is -0.788. The van der Waals surface area contributed by atoms with Gasteiger partial charge in [0.15, 0.2) is 0 Å². The number of aromatic nitrogens is 4. The number of anilines is 1. The normalized spacial score (nSPS) is 25.6. The van der Waals surface area contributed by atoms with Gasteiger partial charge in [0.2, 0.25) is 5.91 Å². The van der Waals surface area contributed by atoms with E-state index in [1.54, 1.807) is 0 Å². The number of halogens is 2. The van der Waals surface area contributed by atoms with E-state index < -0.39 is 18.8 Å². The average molecular weight is 223 g/mol. The Morgan fingerprint density at radius 2 is 2.36 bits per heavy atom. The van der Waals surface area contributed by atoms with Crippen LogP contribution in [0.1, 0.15) is 0 Å². The van der Waals surface area contributed by atoms with Crippen molar-refractivity contribution in [2.75, 3.05) is 11.6 Å². The van der Waals surface area contributed by atoms with Gasteiger partial charge in [0.05, 0.1) is 6.04 Å². The second-order valence-corrected chi connectivity index (χ2v) is 2.67. The maximum atomic E-state index is 12.3. The van der Waals surface area contributed by atoms with Crippen molar-refractivity contribution in [1.82, 2.24) is 20.6 Å². The van der Waals surface area contributed by atoms with Gasteiger partial charge in [-0.1, -0.05) is 5.10 Å². The number of β-lactam (4-membered cyclic amide) rings is 1. The van der Waals surface area contributed by atoms with Gasteiger partial charge in [-0.15, -0.1) is 17.5 Å². The summed E-state index contributed by atoms with van der Waals surface area (Å²) in [5, 5.41) is 12.5. The highest BCUT2D eigenvalue weighted by Crippen LogP contribution is 2.22. The number of tetrazole rings is 1. The number of carbonyl (C=O) groups is 1. The van der Waals surface area contributed by atoms with E-state index in [9.17, 15) is 9.18 Å². The maximum absolute atomic E-state index is 12.3. The molecule has 78 valence electrons. The molecule has 0 aromatic carbocycles. The number of amides is 1. The van der Waals surface area contributed by atoms with E-state index in [0.29, 0.717) is 0 Å². The number of nitrogens with one attached hydrogen (secondary N) is 1. The summed E-state index contributed by atoms with van der Waals surface area (Å²) in [6.45, 7) is -0.707. The first kappa shape index (κ1) is 10.8. The van der Waals surface area contributed by atoms with Crippen molar-refractivity contribution in [3.8, 4) is 0 Å². The number of H-pyrrole nitrogens is 1. The molecule has 1 aromatic heterocycles. The van der Waals surface area contributed by atoms with Crippen LogP contribution in [0.2, 0.25) is 0 Å². The van der Waals surface area contributed by atoms with Crippen LogP contribution in [-0.4, -0.2) is 45.3 Å². The molecule has 2 rings (SSSR count). The molecule has 1 aliphatic rings. The lowest BCUT2D eigenvalue weighted by Crippen LogP contribution is -2.70. The lowest BCUT2D eigenvalue weighted by Gasteiger charge is -2.40. The molecule has 0 aliphatic carbocycles. The van der Waals surface area contributed by atoms with Gasteiger partial charge in [0.25, 0.3) is 5.95 Å². The molecule has 2 unspecified atom stereocenters. The van der Waals surface area contributed by atoms with E-state index in [2.05, 4.69) is 20.6 Å². The summed E-state index contributed by atoms with van der Waals surface area (Å²) in [5.41, 5.74) is 5.36. The van der Waals surface area contributed by atoms with Gasteiger partial charge >= 0.3 is 0 Å². The predicted octanol–water partition coefficient (Wildman–Crippen LogP) is -1.37. The Morgan fingerprint density at radius 3 is 2.86 bits per heavy atom. The van der Waals surface area contributed by atoms with Crippen molar-refractivity contribution in [2.45, 2.75) is 12.1 Å². The van der Waals surface area contributed by atoms with Crippen molar-refractivity contribution in [2.24, 2.45) is 5.73 Å². The Bertz CT molecular complexity index is 318. The SMILES string of the molecule is Cl.NC1C(=O)N(c2nn[nH]n2)C1CF. The molecule has 9 heteroatoms. The van der Waals surface area contributed by atoms with Crippen LogP contribution in [0.4, 0.5) is 10.3 Å². The van der Waals surface area contributed by atoms with E-state index in [-0.39, 0.29) is 24.3 Å². The molecule has 3 N–H and O–H groups in total. The van der Waals surface area contributed by atoms with Crippen molar-refractivity contribution >= 4 is 24.3 Å². The van der Waals surface area contributed by atoms with Crippen LogP contribution in [0, 0.1) is 0 Å². The zero-order chi connectivity index (χ0) is 9.42. The molecule has 1 aromatic rings. The molecule has 1 saturated heterocycles. The molecular weight excluding hydrogens is 215 g/mol. The second-order valence-electron chi connectivity index (χ2n) is 2.67. The molecule has 0 bridgehead atoms. The molecule has 0 spiro atoms. The highest BCUT2D eigenvalue weighted by molar-refractivity contribution is 6.04. The second kappa shape index (κ2) is 3.84. The summed E-state index contributed by atoms with van der Waals surface area (Å²) in [5.74, 6) is -0.321. The van der Waals surface area contributed by atoms with Gasteiger partial charge in [0.1, 0.15) is 12.7 Å². The third-order valence-corrected chi connectivity index (χ3v) is 1.98. The number of rotatable bonds is 2. The quantitative estimate of drug-likeness (QED) is 0.602. The van der Waals surface area contributed by atoms with Gasteiger partial charge in [-0.3, -0.25) is 9.69 Å². The Labute approximate surface area is 84.2 Å². The standard InChI is InChI=1S/C5H7FN6O.ClH/c6-1-2-3(7)4(13)12(2)5-8-10-11-9-5;/h2-3H,1,7H2,(H,8,9,10,11);1H. The number of aromatic amines is 1. The van der Waals surface area contributed by atoms with Crippen LogP contribution in [0.5, 0.6) is 0 Å². The first-order chi connectivity index (χ1) is 6.25. The minimum Gasteiger partial charge on any atom is -0.318 e. The topological polar surface area (TPSA) is 101 Å². The summed E-state index contributed by atoms with van der Waals surface area (Å²) in [6.07, 6.45) is 0. The van der Waals surface area contributed by atoms with E-state index >= 15 is 0 Å². The highest BCUT2D eigenvalue weighted by Gasteiger charge is 2.47. The minimum absolute atomic E-state index is 0. The first-order valence-corrected chi connectivity index (χ1v) is 3.63. The van der Waals surface area contributed by atoms with E-state index in [1.165, 1.54) is 0 Å². The summed E-state index contributed by atoms with van der Waals surface area (Å²) in [7, 11) is 0. The molecular formula is C5H8ClFN6O. The van der Waals surface area contributed by atoms with Crippen molar-refractivity contribution in [1.29, 1.82) is 0 Å². The van der Waals surface area contributed by atoms with Gasteiger partial charge in [-0.25, -0.2) is 4.39 Å². The Kier molecular flexibility index (Phi) is 2.96. The zero-order valence-corrected chi connectivity index (χ0v) is 7.74. The zero-order valence-electron chi connectivity index (χ0n) is 6.92. The van der Waals surface area contributed by atoms with Gasteiger partial charge in [0, 0.05) is 0 Å². The van der Waals surface area contributed by atoms with E-state index in [4.69, 9.17) is 5.73 Å². The van der Waals surface area contributed by atoms with Gasteiger partial charge in [-0.2, -0.15) is 5.21 Å². The Balaban J connectivity index is 0.000000980. The maximum Gasteiger partial charge on any atom is 0.272 e. The Hall–Kier alpha value is -1.28. The Morgan fingerprint density at radius 1 is 1.64 bits per heavy atom. The van der Waals surface area contributed by atoms with E-state index in [1.807, 2.05) is 0 Å². The lowest BCUT2D eigenvalue weighted by atomic mass is 9.98. The molecule has 1 fully saturated rings. The van der Waals surface area contributed by atoms with Crippen LogP contribution in [0.25, 0.3) is 0 Å². The van der Waals surface area contributed by atoms with E-state index in [0.717, 1.165) is 4.90 Å². The number of alkyl halides is 1. The van der Waals surface area contributed by atoms with Crippen molar-refractivity contribution < 1.29 is 9.18 Å². The van der Waals surface area contributed by atoms with Crippen LogP contribution < -0.4 is 10.6 Å². The summed E-state index contributed by atoms with van der Waals surface area (Å²) in [6, 6.07) is -1.45. The highest BCUT2D eigenvalue weighted by atomic mass is 35.5. The largest absolute Gasteiger partial charge is 0.318 e. The molecule has 0 radical (unpaired) electrons. The fourth-order valence-corrected chi connectivity index (χ4v) is 1.24. The summed E-state index contributed by atoms with van der Waals surface area (Å²) in [4.78, 5) is 12.2. The summed E-state index contributed by atoms with van der Waals surface area (Å²) < 4.78 is 12.3. The van der Waals surface area contributed by atoms with Crippen LogP contribution in [0.15, 0.2) is 0 Å². The molecule has 7 nitrogen and oxygen atoms in total. The van der Waals surface area contributed by atoms with Crippen molar-refractivity contribution in [3.05, 3.63) is 0 Å².